The highest BCUT2D eigenvalue weighted by molar-refractivity contribution is 9.10. The van der Waals surface area contributed by atoms with Crippen LogP contribution in [0.4, 0.5) is 5.82 Å². The molecule has 0 unspecified atom stereocenters. The van der Waals surface area contributed by atoms with Gasteiger partial charge in [-0.05, 0) is 28.1 Å². The molecule has 0 aromatic carbocycles. The molecule has 1 aromatic rings. The third-order valence-corrected chi connectivity index (χ3v) is 1.69. The van der Waals surface area contributed by atoms with E-state index in [1.165, 1.54) is 0 Å². The van der Waals surface area contributed by atoms with Gasteiger partial charge in [-0.25, -0.2) is 11.6 Å². The second-order valence-electron chi connectivity index (χ2n) is 2.23. The van der Waals surface area contributed by atoms with Gasteiger partial charge in [0.1, 0.15) is 5.82 Å². The van der Waals surface area contributed by atoms with E-state index in [4.69, 9.17) is 6.57 Å². The van der Waals surface area contributed by atoms with Crippen LogP contribution in [0.25, 0.3) is 4.85 Å². The summed E-state index contributed by atoms with van der Waals surface area (Å²) in [6.07, 6.45) is 1.58. The van der Waals surface area contributed by atoms with Crippen LogP contribution in [-0.4, -0.2) is 17.4 Å². The number of nitrogens with one attached hydrogen (secondary N) is 1. The summed E-state index contributed by atoms with van der Waals surface area (Å²) in [5.41, 5.74) is 0. The van der Waals surface area contributed by atoms with Crippen molar-refractivity contribution in [2.75, 3.05) is 11.9 Å². The van der Waals surface area contributed by atoms with Crippen LogP contribution >= 0.6 is 15.9 Å². The third kappa shape index (κ3) is 3.22. The van der Waals surface area contributed by atoms with E-state index in [1.807, 2.05) is 0 Å². The van der Waals surface area contributed by atoms with E-state index in [2.05, 4.69) is 31.1 Å². The van der Waals surface area contributed by atoms with Gasteiger partial charge in [0.15, 0.2) is 0 Å². The lowest BCUT2D eigenvalue weighted by Crippen LogP contribution is -2.14. The Kier molecular flexibility index (Phi) is 3.41. The number of pyridine rings is 1. The maximum atomic E-state index is 10.9. The molecule has 0 saturated carbocycles. The van der Waals surface area contributed by atoms with Crippen LogP contribution in [0, 0.1) is 6.57 Å². The number of anilines is 1. The molecular weight excluding hydrogens is 234 g/mol. The van der Waals surface area contributed by atoms with E-state index >= 15 is 0 Å². The molecule has 5 heteroatoms. The van der Waals surface area contributed by atoms with Crippen molar-refractivity contribution in [1.29, 1.82) is 0 Å². The number of hydrogen-bond acceptors (Lipinski definition) is 2. The number of rotatable bonds is 2. The van der Waals surface area contributed by atoms with E-state index in [9.17, 15) is 4.79 Å². The minimum atomic E-state index is -0.343. The van der Waals surface area contributed by atoms with Crippen LogP contribution in [0.3, 0.4) is 0 Å². The smallest absolute Gasteiger partial charge is 0.305 e. The van der Waals surface area contributed by atoms with Crippen molar-refractivity contribution in [2.24, 2.45) is 0 Å². The molecule has 0 atom stereocenters. The monoisotopic (exact) mass is 239 g/mol. The number of carbonyl (C=O) groups is 1. The Morgan fingerprint density at radius 1 is 1.69 bits per heavy atom. The van der Waals surface area contributed by atoms with E-state index < -0.39 is 0 Å². The summed E-state index contributed by atoms with van der Waals surface area (Å²) in [6, 6.07) is 3.42. The minimum absolute atomic E-state index is 0.169. The number of aromatic nitrogens is 1. The number of halogens is 1. The van der Waals surface area contributed by atoms with Gasteiger partial charge < -0.3 is 10.2 Å². The molecule has 1 amide bonds. The number of nitrogens with zero attached hydrogens (tertiary/aromatic N) is 2. The molecule has 0 radical (unpaired) electrons. The first-order valence-corrected chi connectivity index (χ1v) is 4.26. The predicted octanol–water partition coefficient (Wildman–Crippen LogP) is 1.70. The first-order chi connectivity index (χ1) is 6.22. The maximum Gasteiger partial charge on any atom is 0.305 e. The number of hydrogen-bond donors (Lipinski definition) is 1. The summed E-state index contributed by atoms with van der Waals surface area (Å²) < 4.78 is 0.843. The van der Waals surface area contributed by atoms with E-state index in [0.29, 0.717) is 5.82 Å². The van der Waals surface area contributed by atoms with E-state index in [1.54, 1.807) is 18.3 Å². The summed E-state index contributed by atoms with van der Waals surface area (Å²) in [6.45, 7) is 6.30. The van der Waals surface area contributed by atoms with Crippen molar-refractivity contribution in [3.8, 4) is 0 Å². The Hall–Kier alpha value is -1.41. The molecule has 4 nitrogen and oxygen atoms in total. The molecule has 1 heterocycles. The summed E-state index contributed by atoms with van der Waals surface area (Å²) in [4.78, 5) is 17.8. The van der Waals surface area contributed by atoms with Crippen LogP contribution in [0.2, 0.25) is 0 Å². The summed E-state index contributed by atoms with van der Waals surface area (Å²) in [5.74, 6) is 0.113. The molecular formula is C8H6BrN3O. The maximum absolute atomic E-state index is 10.9. The third-order valence-electron chi connectivity index (χ3n) is 1.22. The molecule has 66 valence electrons. The highest BCUT2D eigenvalue weighted by Gasteiger charge is 2.04. The molecule has 1 aromatic heterocycles. The molecule has 1 rings (SSSR count). The standard InChI is InChI=1S/C8H6BrN3O/c1-10-5-8(13)12-7-3-2-6(9)4-11-7/h2-4H,5H2,(H,11,12,13). The van der Waals surface area contributed by atoms with Crippen molar-refractivity contribution in [3.05, 3.63) is 34.2 Å². The Bertz CT molecular complexity index is 341. The summed E-state index contributed by atoms with van der Waals surface area (Å²) in [5, 5.41) is 2.49. The minimum Gasteiger partial charge on any atom is -0.306 e. The second kappa shape index (κ2) is 4.58. The lowest BCUT2D eigenvalue weighted by atomic mass is 10.4. The zero-order valence-corrected chi connectivity index (χ0v) is 8.21. The number of carbonyl (C=O) groups excluding carboxylic acids is 1. The van der Waals surface area contributed by atoms with Gasteiger partial charge in [0.25, 0.3) is 6.54 Å². The van der Waals surface area contributed by atoms with Gasteiger partial charge in [0.2, 0.25) is 0 Å². The zero-order valence-electron chi connectivity index (χ0n) is 6.62. The van der Waals surface area contributed by atoms with Crippen molar-refractivity contribution < 1.29 is 4.79 Å². The summed E-state index contributed by atoms with van der Waals surface area (Å²) in [7, 11) is 0. The topological polar surface area (TPSA) is 46.4 Å². The highest BCUT2D eigenvalue weighted by Crippen LogP contribution is 2.10. The summed E-state index contributed by atoms with van der Waals surface area (Å²) >= 11 is 3.22. The van der Waals surface area contributed by atoms with Crippen LogP contribution in [0.5, 0.6) is 0 Å². The van der Waals surface area contributed by atoms with Gasteiger partial charge in [-0.3, -0.25) is 4.79 Å². The fraction of sp³-hybridized carbons (Fsp3) is 0.125. The van der Waals surface area contributed by atoms with Gasteiger partial charge in [-0.1, -0.05) is 0 Å². The van der Waals surface area contributed by atoms with Gasteiger partial charge in [-0.2, -0.15) is 0 Å². The SMILES string of the molecule is [C-]#[N+]CC(=O)Nc1ccc(Br)cn1. The van der Waals surface area contributed by atoms with Crippen molar-refractivity contribution in [1.82, 2.24) is 4.98 Å². The van der Waals surface area contributed by atoms with E-state index in [0.717, 1.165) is 4.47 Å². The quantitative estimate of drug-likeness (QED) is 0.799. The largest absolute Gasteiger partial charge is 0.306 e. The molecule has 1 N–H and O–H groups in total. The van der Waals surface area contributed by atoms with Crippen LogP contribution < -0.4 is 5.32 Å². The van der Waals surface area contributed by atoms with Gasteiger partial charge >= 0.3 is 5.91 Å². The van der Waals surface area contributed by atoms with Gasteiger partial charge in [-0.15, -0.1) is 0 Å². The fourth-order valence-electron chi connectivity index (χ4n) is 0.704. The Balaban J connectivity index is 2.60. The molecule has 0 aliphatic rings. The Morgan fingerprint density at radius 2 is 2.46 bits per heavy atom. The number of amides is 1. The molecule has 0 saturated heterocycles. The highest BCUT2D eigenvalue weighted by atomic mass is 79.9. The van der Waals surface area contributed by atoms with Gasteiger partial charge in [0, 0.05) is 10.7 Å². The molecule has 0 aliphatic carbocycles. The lowest BCUT2D eigenvalue weighted by molar-refractivity contribution is -0.114. The normalized spacial score (nSPS) is 8.92. The second-order valence-corrected chi connectivity index (χ2v) is 3.14. The Morgan fingerprint density at radius 3 is 3.00 bits per heavy atom. The first kappa shape index (κ1) is 9.68. The van der Waals surface area contributed by atoms with Crippen molar-refractivity contribution >= 4 is 27.7 Å². The van der Waals surface area contributed by atoms with Crippen LogP contribution in [0.15, 0.2) is 22.8 Å². The first-order valence-electron chi connectivity index (χ1n) is 3.47. The van der Waals surface area contributed by atoms with E-state index in [-0.39, 0.29) is 12.5 Å². The predicted molar refractivity (Wildman–Crippen MR) is 52.0 cm³/mol. The fourth-order valence-corrected chi connectivity index (χ4v) is 0.938. The van der Waals surface area contributed by atoms with Crippen LogP contribution in [0.1, 0.15) is 0 Å². The average molecular weight is 240 g/mol. The van der Waals surface area contributed by atoms with Crippen molar-refractivity contribution in [3.63, 3.8) is 0 Å². The zero-order chi connectivity index (χ0) is 9.68. The average Bonchev–Trinajstić information content (AvgIpc) is 2.09. The lowest BCUT2D eigenvalue weighted by Gasteiger charge is -1.98. The van der Waals surface area contributed by atoms with Gasteiger partial charge in [0.05, 0.1) is 0 Å². The molecule has 0 bridgehead atoms. The van der Waals surface area contributed by atoms with Crippen LogP contribution in [-0.2, 0) is 4.79 Å². The Labute approximate surface area is 83.9 Å². The molecule has 0 aliphatic heterocycles. The molecule has 0 spiro atoms. The molecule has 0 fully saturated rings. The van der Waals surface area contributed by atoms with Crippen molar-refractivity contribution in [2.45, 2.75) is 0 Å². The molecule has 13 heavy (non-hydrogen) atoms.